The number of aromatic hydroxyl groups is 1. The molecule has 0 amide bonds. The van der Waals surface area contributed by atoms with Gasteiger partial charge in [-0.25, -0.2) is 0 Å². The second-order valence-electron chi connectivity index (χ2n) is 3.40. The average Bonchev–Trinajstić information content (AvgIpc) is 2.44. The summed E-state index contributed by atoms with van der Waals surface area (Å²) in [5, 5.41) is 10.4. The second-order valence-corrected chi connectivity index (χ2v) is 3.40. The highest BCUT2D eigenvalue weighted by Crippen LogP contribution is 2.25. The maximum absolute atomic E-state index is 9.38. The fourth-order valence-corrected chi connectivity index (χ4v) is 1.73. The number of rotatable bonds is 2. The second kappa shape index (κ2) is 3.35. The van der Waals surface area contributed by atoms with E-state index in [4.69, 9.17) is 4.74 Å². The number of fused-ring (bicyclic) bond motifs is 1. The SMILES string of the molecule is COCc1cn(C)c2ccc(O)cc12. The van der Waals surface area contributed by atoms with Gasteiger partial charge in [0.05, 0.1) is 6.61 Å². The molecule has 2 aromatic rings. The minimum Gasteiger partial charge on any atom is -0.508 e. The number of methoxy groups -OCH3 is 1. The van der Waals surface area contributed by atoms with Crippen LogP contribution in [0, 0.1) is 0 Å². The third-order valence-corrected chi connectivity index (χ3v) is 2.36. The first-order chi connectivity index (χ1) is 6.72. The molecule has 0 aliphatic rings. The predicted octanol–water partition coefficient (Wildman–Crippen LogP) is 2.03. The Hall–Kier alpha value is -1.48. The number of hydrogen-bond donors (Lipinski definition) is 1. The molecule has 3 heteroatoms. The molecule has 2 rings (SSSR count). The molecule has 0 unspecified atom stereocenters. The standard InChI is InChI=1S/C11H13NO2/c1-12-6-8(7-14-2)10-5-9(13)3-4-11(10)12/h3-6,13H,7H2,1-2H3. The van der Waals surface area contributed by atoms with Gasteiger partial charge in [0, 0.05) is 36.8 Å². The van der Waals surface area contributed by atoms with Gasteiger partial charge in [-0.05, 0) is 18.2 Å². The Kier molecular flexibility index (Phi) is 2.17. The van der Waals surface area contributed by atoms with Gasteiger partial charge in [-0.2, -0.15) is 0 Å². The van der Waals surface area contributed by atoms with Crippen LogP contribution in [0.1, 0.15) is 5.56 Å². The van der Waals surface area contributed by atoms with Gasteiger partial charge in [0.2, 0.25) is 0 Å². The van der Waals surface area contributed by atoms with Gasteiger partial charge in [0.15, 0.2) is 0 Å². The Bertz CT molecular complexity index is 460. The zero-order valence-electron chi connectivity index (χ0n) is 8.32. The Morgan fingerprint density at radius 1 is 1.43 bits per heavy atom. The van der Waals surface area contributed by atoms with Gasteiger partial charge < -0.3 is 14.4 Å². The number of ether oxygens (including phenoxy) is 1. The van der Waals surface area contributed by atoms with Crippen LogP contribution in [0.4, 0.5) is 0 Å². The Morgan fingerprint density at radius 3 is 2.93 bits per heavy atom. The Morgan fingerprint density at radius 2 is 2.21 bits per heavy atom. The third kappa shape index (κ3) is 1.36. The molecule has 3 nitrogen and oxygen atoms in total. The van der Waals surface area contributed by atoms with Crippen LogP contribution in [-0.4, -0.2) is 16.8 Å². The average molecular weight is 191 g/mol. The first kappa shape index (κ1) is 9.09. The first-order valence-corrected chi connectivity index (χ1v) is 4.48. The van der Waals surface area contributed by atoms with Crippen molar-refractivity contribution in [3.8, 4) is 5.75 Å². The molecule has 14 heavy (non-hydrogen) atoms. The van der Waals surface area contributed by atoms with Crippen LogP contribution in [0.2, 0.25) is 0 Å². The lowest BCUT2D eigenvalue weighted by Crippen LogP contribution is -1.84. The van der Waals surface area contributed by atoms with Crippen LogP contribution in [-0.2, 0) is 18.4 Å². The van der Waals surface area contributed by atoms with Crippen LogP contribution in [0.25, 0.3) is 10.9 Å². The van der Waals surface area contributed by atoms with Crippen LogP contribution in [0.3, 0.4) is 0 Å². The smallest absolute Gasteiger partial charge is 0.116 e. The van der Waals surface area contributed by atoms with E-state index in [9.17, 15) is 5.11 Å². The molecule has 0 fully saturated rings. The first-order valence-electron chi connectivity index (χ1n) is 4.48. The van der Waals surface area contributed by atoms with Gasteiger partial charge in [-0.3, -0.25) is 0 Å². The number of hydrogen-bond acceptors (Lipinski definition) is 2. The third-order valence-electron chi connectivity index (χ3n) is 2.36. The van der Waals surface area contributed by atoms with Crippen molar-refractivity contribution in [2.24, 2.45) is 7.05 Å². The lowest BCUT2D eigenvalue weighted by molar-refractivity contribution is 0.186. The molecule has 1 aromatic heterocycles. The molecule has 0 bridgehead atoms. The lowest BCUT2D eigenvalue weighted by Gasteiger charge is -1.97. The summed E-state index contributed by atoms with van der Waals surface area (Å²) in [7, 11) is 3.65. The monoisotopic (exact) mass is 191 g/mol. The molecule has 1 N–H and O–H groups in total. The van der Waals surface area contributed by atoms with Crippen molar-refractivity contribution in [3.05, 3.63) is 30.0 Å². The number of nitrogens with zero attached hydrogens (tertiary/aromatic N) is 1. The van der Waals surface area contributed by atoms with Crippen LogP contribution in [0.15, 0.2) is 24.4 Å². The van der Waals surface area contributed by atoms with Crippen molar-refractivity contribution in [2.45, 2.75) is 6.61 Å². The Balaban J connectivity index is 2.66. The van der Waals surface area contributed by atoms with E-state index < -0.39 is 0 Å². The topological polar surface area (TPSA) is 34.4 Å². The van der Waals surface area contributed by atoms with Crippen molar-refractivity contribution in [1.82, 2.24) is 4.57 Å². The molecular formula is C11H13NO2. The summed E-state index contributed by atoms with van der Waals surface area (Å²) in [5.74, 6) is 0.293. The van der Waals surface area contributed by atoms with Gasteiger partial charge in [0.25, 0.3) is 0 Å². The lowest BCUT2D eigenvalue weighted by atomic mass is 10.2. The van der Waals surface area contributed by atoms with Crippen molar-refractivity contribution in [3.63, 3.8) is 0 Å². The van der Waals surface area contributed by atoms with E-state index in [1.807, 2.05) is 23.9 Å². The summed E-state index contributed by atoms with van der Waals surface area (Å²) in [6.07, 6.45) is 2.02. The van der Waals surface area contributed by atoms with E-state index in [1.54, 1.807) is 19.2 Å². The number of aryl methyl sites for hydroxylation is 1. The predicted molar refractivity (Wildman–Crippen MR) is 55.3 cm³/mol. The summed E-state index contributed by atoms with van der Waals surface area (Å²) in [6.45, 7) is 0.570. The molecule has 0 saturated heterocycles. The van der Waals surface area contributed by atoms with Crippen LogP contribution in [0.5, 0.6) is 5.75 Å². The zero-order chi connectivity index (χ0) is 10.1. The largest absolute Gasteiger partial charge is 0.508 e. The van der Waals surface area contributed by atoms with E-state index in [0.29, 0.717) is 12.4 Å². The molecule has 0 atom stereocenters. The molecular weight excluding hydrogens is 178 g/mol. The number of benzene rings is 1. The minimum absolute atomic E-state index is 0.293. The fraction of sp³-hybridized carbons (Fsp3) is 0.273. The molecule has 0 aliphatic heterocycles. The van der Waals surface area contributed by atoms with Crippen molar-refractivity contribution < 1.29 is 9.84 Å². The highest BCUT2D eigenvalue weighted by molar-refractivity contribution is 5.85. The number of aromatic nitrogens is 1. The summed E-state index contributed by atoms with van der Waals surface area (Å²) < 4.78 is 7.13. The van der Waals surface area contributed by atoms with E-state index in [-0.39, 0.29) is 0 Å². The molecule has 0 saturated carbocycles. The van der Waals surface area contributed by atoms with E-state index in [2.05, 4.69) is 0 Å². The normalized spacial score (nSPS) is 11.0. The molecule has 74 valence electrons. The summed E-state index contributed by atoms with van der Waals surface area (Å²) in [5.41, 5.74) is 2.20. The summed E-state index contributed by atoms with van der Waals surface area (Å²) >= 11 is 0. The fourth-order valence-electron chi connectivity index (χ4n) is 1.73. The van der Waals surface area contributed by atoms with Crippen LogP contribution >= 0.6 is 0 Å². The molecule has 1 heterocycles. The Labute approximate surface area is 82.5 Å². The molecule has 0 aliphatic carbocycles. The highest BCUT2D eigenvalue weighted by Gasteiger charge is 2.06. The molecule has 1 aromatic carbocycles. The number of phenols is 1. The van der Waals surface area contributed by atoms with Gasteiger partial charge in [-0.1, -0.05) is 0 Å². The summed E-state index contributed by atoms with van der Waals surface area (Å²) in [6, 6.07) is 5.37. The van der Waals surface area contributed by atoms with Gasteiger partial charge >= 0.3 is 0 Å². The van der Waals surface area contributed by atoms with E-state index in [0.717, 1.165) is 16.5 Å². The number of phenolic OH excluding ortho intramolecular Hbond substituents is 1. The maximum atomic E-state index is 9.38. The highest BCUT2D eigenvalue weighted by atomic mass is 16.5. The molecule has 0 radical (unpaired) electrons. The van der Waals surface area contributed by atoms with E-state index >= 15 is 0 Å². The van der Waals surface area contributed by atoms with Gasteiger partial charge in [-0.15, -0.1) is 0 Å². The van der Waals surface area contributed by atoms with E-state index in [1.165, 1.54) is 0 Å². The summed E-state index contributed by atoms with van der Waals surface area (Å²) in [4.78, 5) is 0. The van der Waals surface area contributed by atoms with Gasteiger partial charge in [0.1, 0.15) is 5.75 Å². The minimum atomic E-state index is 0.293. The van der Waals surface area contributed by atoms with Crippen molar-refractivity contribution in [2.75, 3.05) is 7.11 Å². The van der Waals surface area contributed by atoms with Crippen molar-refractivity contribution in [1.29, 1.82) is 0 Å². The molecule has 0 spiro atoms. The maximum Gasteiger partial charge on any atom is 0.116 e. The zero-order valence-corrected chi connectivity index (χ0v) is 8.32. The quantitative estimate of drug-likeness (QED) is 0.788. The van der Waals surface area contributed by atoms with Crippen LogP contribution < -0.4 is 0 Å². The van der Waals surface area contributed by atoms with Crippen molar-refractivity contribution >= 4 is 10.9 Å².